The molecule has 1 aliphatic heterocycles. The van der Waals surface area contributed by atoms with Crippen molar-refractivity contribution in [1.82, 2.24) is 10.2 Å². The van der Waals surface area contributed by atoms with Crippen molar-refractivity contribution in [3.63, 3.8) is 0 Å². The summed E-state index contributed by atoms with van der Waals surface area (Å²) >= 11 is 0. The second-order valence-corrected chi connectivity index (χ2v) is 4.88. The molecule has 1 aromatic carbocycles. The van der Waals surface area contributed by atoms with Gasteiger partial charge in [0.1, 0.15) is 5.75 Å². The molecule has 4 heteroatoms. The number of methoxy groups -OCH3 is 1. The predicted molar refractivity (Wildman–Crippen MR) is 75.2 cm³/mol. The van der Waals surface area contributed by atoms with Gasteiger partial charge in [-0.2, -0.15) is 0 Å². The Morgan fingerprint density at radius 1 is 1.42 bits per heavy atom. The van der Waals surface area contributed by atoms with Crippen LogP contribution in [0.15, 0.2) is 24.3 Å². The molecule has 1 saturated heterocycles. The van der Waals surface area contributed by atoms with E-state index in [9.17, 15) is 4.79 Å². The number of benzene rings is 1. The van der Waals surface area contributed by atoms with Crippen LogP contribution in [0.5, 0.6) is 5.75 Å². The van der Waals surface area contributed by atoms with E-state index in [4.69, 9.17) is 4.74 Å². The van der Waals surface area contributed by atoms with Crippen LogP contribution in [0, 0.1) is 0 Å². The quantitative estimate of drug-likeness (QED) is 0.882. The molecule has 0 bridgehead atoms. The van der Waals surface area contributed by atoms with Gasteiger partial charge in [-0.3, -0.25) is 4.79 Å². The van der Waals surface area contributed by atoms with Crippen molar-refractivity contribution in [1.29, 1.82) is 0 Å². The third-order valence-electron chi connectivity index (χ3n) is 3.76. The van der Waals surface area contributed by atoms with E-state index in [1.165, 1.54) is 0 Å². The minimum Gasteiger partial charge on any atom is -0.497 e. The highest BCUT2D eigenvalue weighted by Crippen LogP contribution is 2.26. The Hall–Kier alpha value is -1.55. The molecule has 1 aliphatic rings. The van der Waals surface area contributed by atoms with Gasteiger partial charge >= 0.3 is 0 Å². The van der Waals surface area contributed by atoms with E-state index in [2.05, 4.69) is 12.2 Å². The van der Waals surface area contributed by atoms with Crippen molar-refractivity contribution in [3.8, 4) is 5.75 Å². The number of hydrogen-bond donors (Lipinski definition) is 1. The number of likely N-dealkylation sites (tertiary alicyclic amines) is 1. The van der Waals surface area contributed by atoms with E-state index < -0.39 is 0 Å². The lowest BCUT2D eigenvalue weighted by molar-refractivity contribution is -0.131. The van der Waals surface area contributed by atoms with E-state index in [-0.39, 0.29) is 18.0 Å². The maximum atomic E-state index is 12.3. The molecule has 1 amide bonds. The second kappa shape index (κ2) is 6.06. The van der Waals surface area contributed by atoms with E-state index in [0.29, 0.717) is 0 Å². The molecular weight excluding hydrogens is 240 g/mol. The van der Waals surface area contributed by atoms with Crippen LogP contribution in [0.1, 0.15) is 31.9 Å². The summed E-state index contributed by atoms with van der Waals surface area (Å²) in [5.74, 6) is 1.05. The molecule has 2 unspecified atom stereocenters. The Morgan fingerprint density at radius 2 is 2.11 bits per heavy atom. The number of nitrogens with zero attached hydrogens (tertiary/aromatic N) is 1. The first-order chi connectivity index (χ1) is 9.17. The van der Waals surface area contributed by atoms with Crippen molar-refractivity contribution < 1.29 is 9.53 Å². The summed E-state index contributed by atoms with van der Waals surface area (Å²) < 4.78 is 5.15. The third kappa shape index (κ3) is 2.89. The lowest BCUT2D eigenvalue weighted by Gasteiger charge is -2.25. The molecule has 1 heterocycles. The normalized spacial score (nSPS) is 20.7. The summed E-state index contributed by atoms with van der Waals surface area (Å²) in [5.41, 5.74) is 1.14. The predicted octanol–water partition coefficient (Wildman–Crippen LogP) is 1.97. The van der Waals surface area contributed by atoms with Crippen LogP contribution in [0.3, 0.4) is 0 Å². The van der Waals surface area contributed by atoms with E-state index in [1.54, 1.807) is 7.11 Å². The second-order valence-electron chi connectivity index (χ2n) is 4.88. The van der Waals surface area contributed by atoms with Gasteiger partial charge in [-0.15, -0.1) is 0 Å². The molecule has 104 valence electrons. The summed E-state index contributed by atoms with van der Waals surface area (Å²) in [6, 6.07) is 8.03. The molecule has 19 heavy (non-hydrogen) atoms. The summed E-state index contributed by atoms with van der Waals surface area (Å²) in [5, 5.41) is 3.24. The molecule has 1 aromatic rings. The standard InChI is InChI=1S/C15H22N2O2/c1-4-16-14-9-10-17(15(14)18)11(2)12-5-7-13(19-3)8-6-12/h5-8,11,14,16H,4,9-10H2,1-3H3. The summed E-state index contributed by atoms with van der Waals surface area (Å²) in [4.78, 5) is 14.2. The number of amides is 1. The van der Waals surface area contributed by atoms with Crippen LogP contribution < -0.4 is 10.1 Å². The fourth-order valence-corrected chi connectivity index (χ4v) is 2.58. The van der Waals surface area contributed by atoms with Crippen molar-refractivity contribution in [2.45, 2.75) is 32.4 Å². The average molecular weight is 262 g/mol. The average Bonchev–Trinajstić information content (AvgIpc) is 2.80. The molecule has 1 N–H and O–H groups in total. The zero-order valence-corrected chi connectivity index (χ0v) is 11.8. The molecular formula is C15H22N2O2. The maximum Gasteiger partial charge on any atom is 0.240 e. The maximum absolute atomic E-state index is 12.3. The van der Waals surface area contributed by atoms with Gasteiger partial charge in [0, 0.05) is 6.54 Å². The minimum absolute atomic E-state index is 0.00861. The van der Waals surface area contributed by atoms with Gasteiger partial charge in [0.05, 0.1) is 19.2 Å². The molecule has 2 atom stereocenters. The number of carbonyl (C=O) groups excluding carboxylic acids is 1. The lowest BCUT2D eigenvalue weighted by Crippen LogP contribution is -2.39. The zero-order valence-electron chi connectivity index (χ0n) is 11.8. The first-order valence-electron chi connectivity index (χ1n) is 6.85. The van der Waals surface area contributed by atoms with Crippen LogP contribution >= 0.6 is 0 Å². The van der Waals surface area contributed by atoms with Crippen molar-refractivity contribution >= 4 is 5.91 Å². The summed E-state index contributed by atoms with van der Waals surface area (Å²) in [6.45, 7) is 5.77. The molecule has 0 radical (unpaired) electrons. The van der Waals surface area contributed by atoms with Crippen LogP contribution in [-0.2, 0) is 4.79 Å². The molecule has 4 nitrogen and oxygen atoms in total. The van der Waals surface area contributed by atoms with E-state index >= 15 is 0 Å². The fraction of sp³-hybridized carbons (Fsp3) is 0.533. The van der Waals surface area contributed by atoms with Gasteiger partial charge in [-0.25, -0.2) is 0 Å². The molecule has 1 fully saturated rings. The van der Waals surface area contributed by atoms with E-state index in [0.717, 1.165) is 30.8 Å². The SMILES string of the molecule is CCNC1CCN(C(C)c2ccc(OC)cc2)C1=O. The number of hydrogen-bond acceptors (Lipinski definition) is 3. The van der Waals surface area contributed by atoms with Gasteiger partial charge in [0.2, 0.25) is 5.91 Å². The highest BCUT2D eigenvalue weighted by Gasteiger charge is 2.33. The molecule has 0 saturated carbocycles. The number of likely N-dealkylation sites (N-methyl/N-ethyl adjacent to an activating group) is 1. The molecule has 0 aliphatic carbocycles. The Labute approximate surface area is 114 Å². The van der Waals surface area contributed by atoms with Crippen molar-refractivity contribution in [3.05, 3.63) is 29.8 Å². The minimum atomic E-state index is -0.00861. The molecule has 0 aromatic heterocycles. The Morgan fingerprint density at radius 3 is 2.68 bits per heavy atom. The van der Waals surface area contributed by atoms with Crippen LogP contribution in [-0.4, -0.2) is 37.0 Å². The Bertz CT molecular complexity index is 430. The highest BCUT2D eigenvalue weighted by atomic mass is 16.5. The topological polar surface area (TPSA) is 41.6 Å². The number of rotatable bonds is 5. The molecule has 2 rings (SSSR count). The van der Waals surface area contributed by atoms with E-state index in [1.807, 2.05) is 36.1 Å². The molecule has 0 spiro atoms. The van der Waals surface area contributed by atoms with Gasteiger partial charge in [-0.05, 0) is 37.6 Å². The number of nitrogens with one attached hydrogen (secondary N) is 1. The lowest BCUT2D eigenvalue weighted by atomic mass is 10.1. The number of ether oxygens (including phenoxy) is 1. The zero-order chi connectivity index (χ0) is 13.8. The summed E-state index contributed by atoms with van der Waals surface area (Å²) in [7, 11) is 1.66. The largest absolute Gasteiger partial charge is 0.497 e. The Balaban J connectivity index is 2.07. The van der Waals surface area contributed by atoms with Gasteiger partial charge < -0.3 is 15.0 Å². The summed E-state index contributed by atoms with van der Waals surface area (Å²) in [6.07, 6.45) is 0.896. The van der Waals surface area contributed by atoms with Crippen molar-refractivity contribution in [2.24, 2.45) is 0 Å². The monoisotopic (exact) mass is 262 g/mol. The van der Waals surface area contributed by atoms with Crippen LogP contribution in [0.4, 0.5) is 0 Å². The fourth-order valence-electron chi connectivity index (χ4n) is 2.58. The van der Waals surface area contributed by atoms with Crippen molar-refractivity contribution in [2.75, 3.05) is 20.2 Å². The van der Waals surface area contributed by atoms with Gasteiger partial charge in [0.25, 0.3) is 0 Å². The number of carbonyl (C=O) groups is 1. The van der Waals surface area contributed by atoms with Gasteiger partial charge in [-0.1, -0.05) is 19.1 Å². The van der Waals surface area contributed by atoms with Crippen LogP contribution in [0.2, 0.25) is 0 Å². The first kappa shape index (κ1) is 13.9. The first-order valence-corrected chi connectivity index (χ1v) is 6.85. The third-order valence-corrected chi connectivity index (χ3v) is 3.76. The highest BCUT2D eigenvalue weighted by molar-refractivity contribution is 5.84. The van der Waals surface area contributed by atoms with Crippen LogP contribution in [0.25, 0.3) is 0 Å². The smallest absolute Gasteiger partial charge is 0.240 e. The van der Waals surface area contributed by atoms with Gasteiger partial charge in [0.15, 0.2) is 0 Å². The Kier molecular flexibility index (Phi) is 4.43.